The van der Waals surface area contributed by atoms with E-state index in [1.807, 2.05) is 27.2 Å². The molecule has 0 rings (SSSR count). The second kappa shape index (κ2) is 48.7. The molecule has 0 saturated heterocycles. The van der Waals surface area contributed by atoms with E-state index < -0.39 is 20.0 Å². The summed E-state index contributed by atoms with van der Waals surface area (Å²) in [4.78, 5) is 23.2. The topological polar surface area (TPSA) is 105 Å². The van der Waals surface area contributed by atoms with E-state index >= 15 is 0 Å². The maximum atomic E-state index is 12.9. The van der Waals surface area contributed by atoms with Crippen molar-refractivity contribution in [3.05, 3.63) is 85.1 Å². The molecule has 0 radical (unpaired) electrons. The van der Waals surface area contributed by atoms with Gasteiger partial charge in [-0.25, -0.2) is 4.57 Å². The fraction of sp³-hybridized carbons (Fsp3) is 0.741. The molecule has 1 amide bonds. The van der Waals surface area contributed by atoms with Crippen molar-refractivity contribution in [2.45, 2.75) is 238 Å². The van der Waals surface area contributed by atoms with E-state index in [2.05, 4.69) is 92.1 Å². The van der Waals surface area contributed by atoms with Crippen LogP contribution in [0, 0.1) is 0 Å². The maximum Gasteiger partial charge on any atom is 0.472 e. The molecule has 0 aromatic heterocycles. The number of phosphoric ester groups is 1. The van der Waals surface area contributed by atoms with Crippen LogP contribution in [0.1, 0.15) is 226 Å². The number of nitrogens with one attached hydrogen (secondary N) is 1. The average Bonchev–Trinajstić information content (AvgIpc) is 3.29. The van der Waals surface area contributed by atoms with Gasteiger partial charge in [-0.15, -0.1) is 0 Å². The molecule has 3 unspecified atom stereocenters. The number of hydrogen-bond acceptors (Lipinski definition) is 5. The number of aliphatic hydroxyl groups is 1. The summed E-state index contributed by atoms with van der Waals surface area (Å²) in [6.45, 7) is 4.66. The van der Waals surface area contributed by atoms with Crippen molar-refractivity contribution in [1.82, 2.24) is 5.32 Å². The summed E-state index contributed by atoms with van der Waals surface area (Å²) in [6.07, 6.45) is 68.3. The van der Waals surface area contributed by atoms with Gasteiger partial charge in [0.25, 0.3) is 0 Å². The Balaban J connectivity index is 4.36. The molecule has 0 spiro atoms. The summed E-state index contributed by atoms with van der Waals surface area (Å²) in [6, 6.07) is -0.883. The second-order valence-corrected chi connectivity index (χ2v) is 21.0. The number of carbonyl (C=O) groups excluding carboxylic acids is 1. The lowest BCUT2D eigenvalue weighted by atomic mass is 10.0. The molecule has 0 heterocycles. The molecule has 0 saturated carbocycles. The minimum atomic E-state index is -4.37. The minimum Gasteiger partial charge on any atom is -0.387 e. The van der Waals surface area contributed by atoms with Crippen LogP contribution < -0.4 is 5.32 Å². The van der Waals surface area contributed by atoms with Gasteiger partial charge in [-0.1, -0.05) is 221 Å². The largest absolute Gasteiger partial charge is 0.472 e. The summed E-state index contributed by atoms with van der Waals surface area (Å²) in [7, 11) is 1.52. The Hall–Kier alpha value is -2.32. The van der Waals surface area contributed by atoms with Gasteiger partial charge in [0.15, 0.2) is 0 Å². The molecule has 0 bridgehead atoms. The van der Waals surface area contributed by atoms with Crippen molar-refractivity contribution in [2.24, 2.45) is 0 Å². The molecule has 0 aliphatic rings. The van der Waals surface area contributed by atoms with E-state index in [9.17, 15) is 19.4 Å². The molecule has 0 aliphatic heterocycles. The first kappa shape index (κ1) is 64.7. The summed E-state index contributed by atoms with van der Waals surface area (Å²) in [5.41, 5.74) is 0. The molecule has 388 valence electrons. The highest BCUT2D eigenvalue weighted by Gasteiger charge is 2.27. The van der Waals surface area contributed by atoms with Crippen molar-refractivity contribution < 1.29 is 32.9 Å². The molecule has 67 heavy (non-hydrogen) atoms. The first-order chi connectivity index (χ1) is 32.5. The number of carbonyl (C=O) groups is 1. The third-order valence-corrected chi connectivity index (χ3v) is 12.8. The van der Waals surface area contributed by atoms with Crippen LogP contribution in [-0.2, 0) is 18.4 Å². The highest BCUT2D eigenvalue weighted by molar-refractivity contribution is 7.47. The van der Waals surface area contributed by atoms with Crippen LogP contribution in [0.15, 0.2) is 85.1 Å². The van der Waals surface area contributed by atoms with E-state index in [1.54, 1.807) is 6.08 Å². The summed E-state index contributed by atoms with van der Waals surface area (Å²) < 4.78 is 23.6. The summed E-state index contributed by atoms with van der Waals surface area (Å²) in [5, 5.41) is 13.9. The lowest BCUT2D eigenvalue weighted by molar-refractivity contribution is -0.870. The molecular weight excluding hydrogens is 852 g/mol. The van der Waals surface area contributed by atoms with Gasteiger partial charge in [0, 0.05) is 6.42 Å². The predicted molar refractivity (Wildman–Crippen MR) is 290 cm³/mol. The molecule has 3 N–H and O–H groups in total. The number of likely N-dealkylation sites (N-methyl/N-ethyl adjacent to an activating group) is 1. The van der Waals surface area contributed by atoms with Gasteiger partial charge in [-0.2, -0.15) is 0 Å². The number of nitrogens with zero attached hydrogens (tertiary/aromatic N) is 1. The first-order valence-corrected chi connectivity index (χ1v) is 29.0. The van der Waals surface area contributed by atoms with E-state index in [1.165, 1.54) is 122 Å². The van der Waals surface area contributed by atoms with Crippen LogP contribution in [0.4, 0.5) is 0 Å². The van der Waals surface area contributed by atoms with Crippen LogP contribution >= 0.6 is 7.82 Å². The molecule has 3 atom stereocenters. The Bertz CT molecular complexity index is 1360. The van der Waals surface area contributed by atoms with Crippen LogP contribution in [0.2, 0.25) is 0 Å². The quantitative estimate of drug-likeness (QED) is 0.0243. The van der Waals surface area contributed by atoms with Gasteiger partial charge >= 0.3 is 7.82 Å². The van der Waals surface area contributed by atoms with Gasteiger partial charge in [-0.3, -0.25) is 13.8 Å². The van der Waals surface area contributed by atoms with E-state index in [-0.39, 0.29) is 19.1 Å². The highest BCUT2D eigenvalue weighted by atomic mass is 31.2. The Morgan fingerprint density at radius 1 is 0.522 bits per heavy atom. The zero-order valence-electron chi connectivity index (χ0n) is 44.1. The zero-order chi connectivity index (χ0) is 49.2. The molecule has 0 aromatic rings. The number of quaternary nitrogens is 1. The van der Waals surface area contributed by atoms with Gasteiger partial charge in [0.1, 0.15) is 13.2 Å². The Kier molecular flexibility index (Phi) is 47.0. The molecule has 0 aromatic carbocycles. The fourth-order valence-electron chi connectivity index (χ4n) is 7.54. The Labute approximate surface area is 414 Å². The lowest BCUT2D eigenvalue weighted by Gasteiger charge is -2.25. The number of allylic oxidation sites excluding steroid dienone is 13. The number of hydrogen-bond donors (Lipinski definition) is 3. The minimum absolute atomic E-state index is 0.0462. The van der Waals surface area contributed by atoms with E-state index in [0.717, 1.165) is 83.5 Å². The number of rotatable bonds is 49. The normalized spacial score (nSPS) is 14.7. The van der Waals surface area contributed by atoms with E-state index in [4.69, 9.17) is 9.05 Å². The van der Waals surface area contributed by atoms with Gasteiger partial charge in [0.2, 0.25) is 5.91 Å². The number of amides is 1. The molecule has 0 aliphatic carbocycles. The number of unbranched alkanes of at least 4 members (excludes halogenated alkanes) is 24. The van der Waals surface area contributed by atoms with Gasteiger partial charge < -0.3 is 19.8 Å². The SMILES string of the molecule is CC/C=C\C/C=C\C/C=C\C/C=C\CCCCCCCCC(=O)NC(COP(=O)(O)OCC[N+](C)(C)C)C(O)/C=C/CC/C=C/CC/C=C/CCCCCCCCCCCCCCCCCC. The molecule has 8 nitrogen and oxygen atoms in total. The van der Waals surface area contributed by atoms with Crippen molar-refractivity contribution in [2.75, 3.05) is 40.9 Å². The first-order valence-electron chi connectivity index (χ1n) is 27.5. The summed E-state index contributed by atoms with van der Waals surface area (Å²) >= 11 is 0. The van der Waals surface area contributed by atoms with E-state index in [0.29, 0.717) is 17.4 Å². The molecule has 0 fully saturated rings. The van der Waals surface area contributed by atoms with Crippen LogP contribution in [-0.4, -0.2) is 73.4 Å². The average molecular weight is 958 g/mol. The van der Waals surface area contributed by atoms with Crippen molar-refractivity contribution in [1.29, 1.82) is 0 Å². The van der Waals surface area contributed by atoms with Crippen molar-refractivity contribution in [3.8, 4) is 0 Å². The van der Waals surface area contributed by atoms with Gasteiger partial charge in [-0.05, 0) is 83.5 Å². The van der Waals surface area contributed by atoms with Crippen LogP contribution in [0.3, 0.4) is 0 Å². The fourth-order valence-corrected chi connectivity index (χ4v) is 8.27. The zero-order valence-corrected chi connectivity index (χ0v) is 45.0. The maximum absolute atomic E-state index is 12.9. The van der Waals surface area contributed by atoms with Crippen molar-refractivity contribution >= 4 is 13.7 Å². The standard InChI is InChI=1S/C58H105N2O6P/c1-6-8-10-12-14-16-18-20-22-24-26-27-28-29-30-31-32-34-35-37-39-41-43-45-47-49-51-57(61)56(55-66-67(63,64)65-54-53-60(3,4)5)59-58(62)52-50-48-46-44-42-40-38-36-33-25-23-21-19-17-15-13-11-9-7-2/h9,11,15,17,21,23,33-36,41,43,49,51,56-57,61H,6-8,10,12-14,16,18-20,22,24-32,37-40,42,44-48,50,52-55H2,1-5H3,(H-,59,62,63,64)/p+1/b11-9-,17-15-,23-21-,35-34+,36-33-,43-41+,51-49+. The van der Waals surface area contributed by atoms with Crippen LogP contribution in [0.5, 0.6) is 0 Å². The summed E-state index contributed by atoms with van der Waals surface area (Å²) in [5.74, 6) is -0.207. The smallest absolute Gasteiger partial charge is 0.387 e. The van der Waals surface area contributed by atoms with Gasteiger partial charge in [0.05, 0.1) is 39.9 Å². The second-order valence-electron chi connectivity index (χ2n) is 19.6. The highest BCUT2D eigenvalue weighted by Crippen LogP contribution is 2.43. The lowest BCUT2D eigenvalue weighted by Crippen LogP contribution is -2.45. The molecular formula is C58H106N2O6P+. The third-order valence-electron chi connectivity index (χ3n) is 11.8. The monoisotopic (exact) mass is 958 g/mol. The number of phosphoric acid groups is 1. The third kappa shape index (κ3) is 51.4. The van der Waals surface area contributed by atoms with Crippen LogP contribution in [0.25, 0.3) is 0 Å². The number of aliphatic hydroxyl groups excluding tert-OH is 1. The predicted octanol–water partition coefficient (Wildman–Crippen LogP) is 16.5. The van der Waals surface area contributed by atoms with Crippen molar-refractivity contribution in [3.63, 3.8) is 0 Å². The Morgan fingerprint density at radius 3 is 1.37 bits per heavy atom. The Morgan fingerprint density at radius 2 is 0.910 bits per heavy atom. The molecule has 9 heteroatoms.